The Bertz CT molecular complexity index is 789. The van der Waals surface area contributed by atoms with E-state index in [0.29, 0.717) is 29.8 Å². The molecule has 0 atom stereocenters. The molecule has 6 heteroatoms. The Morgan fingerprint density at radius 2 is 1.91 bits per heavy atom. The highest BCUT2D eigenvalue weighted by Gasteiger charge is 2.11. The summed E-state index contributed by atoms with van der Waals surface area (Å²) >= 11 is 5.86. The van der Waals surface area contributed by atoms with Crippen molar-refractivity contribution < 1.29 is 8.91 Å². The third-order valence-electron chi connectivity index (χ3n) is 3.32. The molecule has 0 amide bonds. The molecular formula is C17H15ClFN3O. The Morgan fingerprint density at radius 3 is 2.65 bits per heavy atom. The molecule has 1 heterocycles. The molecule has 0 bridgehead atoms. The number of benzene rings is 2. The first-order valence-corrected chi connectivity index (χ1v) is 7.49. The van der Waals surface area contributed by atoms with Gasteiger partial charge in [-0.3, -0.25) is 4.90 Å². The Balaban J connectivity index is 1.65. The molecule has 0 unspecified atom stereocenters. The van der Waals surface area contributed by atoms with Crippen molar-refractivity contribution in [1.82, 2.24) is 15.0 Å². The maximum Gasteiger partial charge on any atom is 0.241 e. The molecule has 0 aliphatic rings. The fraction of sp³-hybridized carbons (Fsp3) is 0.176. The summed E-state index contributed by atoms with van der Waals surface area (Å²) in [6.07, 6.45) is 0. The minimum absolute atomic E-state index is 0.237. The van der Waals surface area contributed by atoms with E-state index >= 15 is 0 Å². The maximum absolute atomic E-state index is 13.2. The zero-order chi connectivity index (χ0) is 16.2. The Morgan fingerprint density at radius 1 is 1.13 bits per heavy atom. The van der Waals surface area contributed by atoms with Gasteiger partial charge in [-0.1, -0.05) is 28.9 Å². The molecule has 0 N–H and O–H groups in total. The summed E-state index contributed by atoms with van der Waals surface area (Å²) in [6, 6.07) is 13.8. The fourth-order valence-electron chi connectivity index (χ4n) is 2.27. The average molecular weight is 332 g/mol. The van der Waals surface area contributed by atoms with Gasteiger partial charge in [0, 0.05) is 17.1 Å². The molecule has 0 aliphatic heterocycles. The maximum atomic E-state index is 13.2. The number of nitrogens with zero attached hydrogens (tertiary/aromatic N) is 3. The van der Waals surface area contributed by atoms with Crippen LogP contribution in [0.25, 0.3) is 11.4 Å². The summed E-state index contributed by atoms with van der Waals surface area (Å²) in [5.74, 6) is 0.795. The molecule has 118 valence electrons. The lowest BCUT2D eigenvalue weighted by Gasteiger charge is -2.13. The van der Waals surface area contributed by atoms with E-state index in [1.54, 1.807) is 18.2 Å². The highest BCUT2D eigenvalue weighted by Crippen LogP contribution is 2.19. The van der Waals surface area contributed by atoms with Gasteiger partial charge in [-0.25, -0.2) is 4.39 Å². The molecule has 0 saturated heterocycles. The minimum Gasteiger partial charge on any atom is -0.338 e. The monoisotopic (exact) mass is 331 g/mol. The second-order valence-electron chi connectivity index (χ2n) is 5.32. The smallest absolute Gasteiger partial charge is 0.241 e. The van der Waals surface area contributed by atoms with Crippen LogP contribution in [-0.2, 0) is 13.1 Å². The molecule has 3 rings (SSSR count). The zero-order valence-electron chi connectivity index (χ0n) is 12.5. The lowest BCUT2D eigenvalue weighted by molar-refractivity contribution is 0.260. The van der Waals surface area contributed by atoms with Crippen molar-refractivity contribution in [3.8, 4) is 11.4 Å². The van der Waals surface area contributed by atoms with Crippen molar-refractivity contribution in [2.75, 3.05) is 7.05 Å². The normalized spacial score (nSPS) is 11.1. The van der Waals surface area contributed by atoms with Gasteiger partial charge in [0.1, 0.15) is 5.82 Å². The van der Waals surface area contributed by atoms with Crippen LogP contribution < -0.4 is 0 Å². The van der Waals surface area contributed by atoms with Gasteiger partial charge >= 0.3 is 0 Å². The van der Waals surface area contributed by atoms with Crippen molar-refractivity contribution in [3.63, 3.8) is 0 Å². The van der Waals surface area contributed by atoms with Crippen LogP contribution in [0.4, 0.5) is 4.39 Å². The summed E-state index contributed by atoms with van der Waals surface area (Å²) in [5.41, 5.74) is 1.74. The summed E-state index contributed by atoms with van der Waals surface area (Å²) in [5, 5.41) is 4.63. The van der Waals surface area contributed by atoms with Crippen LogP contribution in [0.15, 0.2) is 53.1 Å². The third-order valence-corrected chi connectivity index (χ3v) is 3.57. The second-order valence-corrected chi connectivity index (χ2v) is 5.76. The van der Waals surface area contributed by atoms with Gasteiger partial charge in [-0.05, 0) is 49.0 Å². The number of aromatic nitrogens is 2. The first-order chi connectivity index (χ1) is 11.1. The van der Waals surface area contributed by atoms with Crippen LogP contribution >= 0.6 is 11.6 Å². The zero-order valence-corrected chi connectivity index (χ0v) is 13.3. The van der Waals surface area contributed by atoms with E-state index in [-0.39, 0.29) is 5.82 Å². The fourth-order valence-corrected chi connectivity index (χ4v) is 2.40. The third kappa shape index (κ3) is 4.15. The topological polar surface area (TPSA) is 42.2 Å². The molecule has 0 fully saturated rings. The first-order valence-electron chi connectivity index (χ1n) is 7.11. The lowest BCUT2D eigenvalue weighted by Crippen LogP contribution is -2.17. The van der Waals surface area contributed by atoms with Gasteiger partial charge in [-0.15, -0.1) is 0 Å². The van der Waals surface area contributed by atoms with Crippen molar-refractivity contribution in [1.29, 1.82) is 0 Å². The van der Waals surface area contributed by atoms with Gasteiger partial charge in [-0.2, -0.15) is 4.98 Å². The van der Waals surface area contributed by atoms with Crippen molar-refractivity contribution in [2.45, 2.75) is 13.1 Å². The molecule has 2 aromatic carbocycles. The van der Waals surface area contributed by atoms with E-state index in [1.165, 1.54) is 12.1 Å². The Hall–Kier alpha value is -2.24. The number of rotatable bonds is 5. The van der Waals surface area contributed by atoms with Crippen molar-refractivity contribution >= 4 is 11.6 Å². The van der Waals surface area contributed by atoms with E-state index in [2.05, 4.69) is 10.1 Å². The molecule has 0 saturated carbocycles. The second kappa shape index (κ2) is 6.89. The van der Waals surface area contributed by atoms with Gasteiger partial charge in [0.05, 0.1) is 6.54 Å². The van der Waals surface area contributed by atoms with Crippen molar-refractivity contribution in [3.05, 3.63) is 70.8 Å². The quantitative estimate of drug-likeness (QED) is 0.704. The van der Waals surface area contributed by atoms with Crippen LogP contribution in [0, 0.1) is 5.82 Å². The number of hydrogen-bond acceptors (Lipinski definition) is 4. The lowest BCUT2D eigenvalue weighted by atomic mass is 10.2. The molecule has 0 radical (unpaired) electrons. The number of halogens is 2. The molecule has 0 spiro atoms. The molecule has 4 nitrogen and oxygen atoms in total. The highest BCUT2D eigenvalue weighted by atomic mass is 35.5. The predicted octanol–water partition coefficient (Wildman–Crippen LogP) is 4.16. The Labute approximate surface area is 138 Å². The molecule has 23 heavy (non-hydrogen) atoms. The summed E-state index contributed by atoms with van der Waals surface area (Å²) in [6.45, 7) is 1.08. The molecular weight excluding hydrogens is 317 g/mol. The van der Waals surface area contributed by atoms with Gasteiger partial charge in [0.25, 0.3) is 0 Å². The van der Waals surface area contributed by atoms with E-state index in [4.69, 9.17) is 16.1 Å². The summed E-state index contributed by atoms with van der Waals surface area (Å²) in [7, 11) is 1.91. The first kappa shape index (κ1) is 15.6. The van der Waals surface area contributed by atoms with Crippen LogP contribution in [0.5, 0.6) is 0 Å². The SMILES string of the molecule is CN(Cc1cccc(F)c1)Cc1nc(-c2ccc(Cl)cc2)no1. The van der Waals surface area contributed by atoms with E-state index in [1.807, 2.05) is 30.1 Å². The van der Waals surface area contributed by atoms with Crippen LogP contribution in [0.2, 0.25) is 5.02 Å². The van der Waals surface area contributed by atoms with E-state index in [0.717, 1.165) is 11.1 Å². The van der Waals surface area contributed by atoms with E-state index in [9.17, 15) is 4.39 Å². The predicted molar refractivity (Wildman–Crippen MR) is 86.3 cm³/mol. The standard InChI is InChI=1S/C17H15ClFN3O/c1-22(10-12-3-2-4-15(19)9-12)11-16-20-17(21-23-16)13-5-7-14(18)8-6-13/h2-9H,10-11H2,1H3. The van der Waals surface area contributed by atoms with Crippen LogP contribution in [0.3, 0.4) is 0 Å². The molecule has 3 aromatic rings. The van der Waals surface area contributed by atoms with E-state index < -0.39 is 0 Å². The van der Waals surface area contributed by atoms with Gasteiger partial charge in [0.2, 0.25) is 11.7 Å². The van der Waals surface area contributed by atoms with Gasteiger partial charge in [0.15, 0.2) is 0 Å². The van der Waals surface area contributed by atoms with Crippen molar-refractivity contribution in [2.24, 2.45) is 0 Å². The van der Waals surface area contributed by atoms with Gasteiger partial charge < -0.3 is 4.52 Å². The molecule has 0 aliphatic carbocycles. The largest absolute Gasteiger partial charge is 0.338 e. The van der Waals surface area contributed by atoms with Crippen LogP contribution in [0.1, 0.15) is 11.5 Å². The number of hydrogen-bond donors (Lipinski definition) is 0. The molecule has 1 aromatic heterocycles. The van der Waals surface area contributed by atoms with Crippen LogP contribution in [-0.4, -0.2) is 22.1 Å². The minimum atomic E-state index is -0.237. The summed E-state index contributed by atoms with van der Waals surface area (Å²) < 4.78 is 18.5. The average Bonchev–Trinajstić information content (AvgIpc) is 2.96. The summed E-state index contributed by atoms with van der Waals surface area (Å²) in [4.78, 5) is 6.35. The Kier molecular flexibility index (Phi) is 4.69. The highest BCUT2D eigenvalue weighted by molar-refractivity contribution is 6.30.